The van der Waals surface area contributed by atoms with Crippen molar-refractivity contribution < 1.29 is 23.4 Å². The number of aliphatic carboxylic acids is 1. The average Bonchev–Trinajstić information content (AvgIpc) is 2.26. The molecule has 6 nitrogen and oxygen atoms in total. The summed E-state index contributed by atoms with van der Waals surface area (Å²) in [5.41, 5.74) is 1.55. The number of carboxylic acids is 1. The molecule has 19 heavy (non-hydrogen) atoms. The fraction of sp³-hybridized carbons (Fsp3) is 0.417. The third-order valence-electron chi connectivity index (χ3n) is 2.52. The smallest absolute Gasteiger partial charge is 0.321 e. The highest BCUT2D eigenvalue weighted by Gasteiger charge is 2.25. The van der Waals surface area contributed by atoms with Gasteiger partial charge in [-0.25, -0.2) is 8.42 Å². The summed E-state index contributed by atoms with van der Waals surface area (Å²) in [6, 6.07) is 3.41. The van der Waals surface area contributed by atoms with Crippen molar-refractivity contribution in [1.82, 2.24) is 4.72 Å². The minimum absolute atomic E-state index is 0.0224. The first-order chi connectivity index (χ1) is 8.76. The van der Waals surface area contributed by atoms with Crippen LogP contribution in [0.1, 0.15) is 17.5 Å². The largest absolute Gasteiger partial charge is 0.480 e. The second-order valence-electron chi connectivity index (χ2n) is 4.35. The maximum atomic E-state index is 12.1. The van der Waals surface area contributed by atoms with Crippen LogP contribution in [0.2, 0.25) is 0 Å². The molecule has 0 amide bonds. The summed E-state index contributed by atoms with van der Waals surface area (Å²) < 4.78 is 26.2. The first kappa shape index (κ1) is 15.6. The molecule has 0 saturated heterocycles. The predicted molar refractivity (Wildman–Crippen MR) is 69.4 cm³/mol. The van der Waals surface area contributed by atoms with E-state index in [2.05, 4.69) is 4.72 Å². The number of aliphatic hydroxyl groups excluding tert-OH is 1. The molecular formula is C12H17NO5S. The molecule has 0 aliphatic heterocycles. The van der Waals surface area contributed by atoms with Crippen LogP contribution in [0.4, 0.5) is 0 Å². The Morgan fingerprint density at radius 1 is 1.26 bits per heavy atom. The molecule has 0 radical (unpaired) electrons. The number of sulfonamides is 1. The van der Waals surface area contributed by atoms with Gasteiger partial charge in [0.1, 0.15) is 6.04 Å². The number of rotatable bonds is 6. The van der Waals surface area contributed by atoms with E-state index >= 15 is 0 Å². The van der Waals surface area contributed by atoms with Gasteiger partial charge in [-0.05, 0) is 43.5 Å². The summed E-state index contributed by atoms with van der Waals surface area (Å²) in [7, 11) is -3.91. The Labute approximate surface area is 112 Å². The van der Waals surface area contributed by atoms with E-state index in [1.807, 2.05) is 6.07 Å². The minimum Gasteiger partial charge on any atom is -0.480 e. The third kappa shape index (κ3) is 4.30. The van der Waals surface area contributed by atoms with Crippen LogP contribution in [0.3, 0.4) is 0 Å². The quantitative estimate of drug-likeness (QED) is 0.703. The van der Waals surface area contributed by atoms with Crippen molar-refractivity contribution in [3.8, 4) is 0 Å². The van der Waals surface area contributed by atoms with E-state index in [9.17, 15) is 13.2 Å². The molecule has 0 fully saturated rings. The van der Waals surface area contributed by atoms with Gasteiger partial charge < -0.3 is 10.2 Å². The molecule has 3 N–H and O–H groups in total. The summed E-state index contributed by atoms with van der Waals surface area (Å²) >= 11 is 0. The van der Waals surface area contributed by atoms with E-state index in [4.69, 9.17) is 10.2 Å². The lowest BCUT2D eigenvalue weighted by Gasteiger charge is -2.14. The van der Waals surface area contributed by atoms with E-state index < -0.39 is 28.6 Å². The van der Waals surface area contributed by atoms with E-state index in [0.717, 1.165) is 11.1 Å². The molecule has 1 rings (SSSR count). The average molecular weight is 287 g/mol. The standard InChI is InChI=1S/C12H17NO5S/c1-8-5-9(2)7-10(6-8)19(17,18)13-11(3-4-14)12(15)16/h5-7,11,13-14H,3-4H2,1-2H3,(H,15,16). The monoisotopic (exact) mass is 287 g/mol. The van der Waals surface area contributed by atoms with E-state index in [0.29, 0.717) is 0 Å². The SMILES string of the molecule is Cc1cc(C)cc(S(=O)(=O)NC(CCO)C(=O)O)c1. The normalized spacial score (nSPS) is 13.2. The number of hydrogen-bond donors (Lipinski definition) is 3. The molecule has 0 aliphatic carbocycles. The summed E-state index contributed by atoms with van der Waals surface area (Å²) in [4.78, 5) is 10.9. The maximum Gasteiger partial charge on any atom is 0.321 e. The molecule has 0 spiro atoms. The van der Waals surface area contributed by atoms with Gasteiger partial charge in [0.25, 0.3) is 0 Å². The molecule has 0 heterocycles. The van der Waals surface area contributed by atoms with Gasteiger partial charge in [-0.2, -0.15) is 4.72 Å². The van der Waals surface area contributed by atoms with Crippen LogP contribution in [0.5, 0.6) is 0 Å². The molecule has 1 unspecified atom stereocenters. The Morgan fingerprint density at radius 2 is 1.79 bits per heavy atom. The summed E-state index contributed by atoms with van der Waals surface area (Å²) in [5, 5.41) is 17.6. The highest BCUT2D eigenvalue weighted by atomic mass is 32.2. The second-order valence-corrected chi connectivity index (χ2v) is 6.06. The van der Waals surface area contributed by atoms with Gasteiger partial charge in [0, 0.05) is 6.61 Å². The number of carbonyl (C=O) groups is 1. The van der Waals surface area contributed by atoms with Crippen LogP contribution < -0.4 is 4.72 Å². The number of carboxylic acid groups (broad SMARTS) is 1. The molecule has 1 aromatic rings. The second kappa shape index (κ2) is 6.14. The van der Waals surface area contributed by atoms with Gasteiger partial charge in [-0.15, -0.1) is 0 Å². The van der Waals surface area contributed by atoms with Crippen LogP contribution in [0.15, 0.2) is 23.1 Å². The highest BCUT2D eigenvalue weighted by Crippen LogP contribution is 2.15. The molecule has 7 heteroatoms. The highest BCUT2D eigenvalue weighted by molar-refractivity contribution is 7.89. The van der Waals surface area contributed by atoms with E-state index in [1.165, 1.54) is 12.1 Å². The van der Waals surface area contributed by atoms with Gasteiger partial charge in [0.15, 0.2) is 0 Å². The molecule has 0 aliphatic rings. The zero-order valence-electron chi connectivity index (χ0n) is 10.8. The maximum absolute atomic E-state index is 12.1. The lowest BCUT2D eigenvalue weighted by Crippen LogP contribution is -2.41. The zero-order valence-corrected chi connectivity index (χ0v) is 11.6. The van der Waals surface area contributed by atoms with Crippen molar-refractivity contribution in [2.24, 2.45) is 0 Å². The fourth-order valence-electron chi connectivity index (χ4n) is 1.71. The van der Waals surface area contributed by atoms with Gasteiger partial charge in [-0.1, -0.05) is 6.07 Å². The first-order valence-electron chi connectivity index (χ1n) is 5.70. The molecule has 0 bridgehead atoms. The van der Waals surface area contributed by atoms with Crippen LogP contribution >= 0.6 is 0 Å². The first-order valence-corrected chi connectivity index (χ1v) is 7.19. The van der Waals surface area contributed by atoms with E-state index in [1.54, 1.807) is 13.8 Å². The van der Waals surface area contributed by atoms with Gasteiger partial charge in [0.2, 0.25) is 10.0 Å². The van der Waals surface area contributed by atoms with Crippen LogP contribution in [0, 0.1) is 13.8 Å². The molecular weight excluding hydrogens is 270 g/mol. The van der Waals surface area contributed by atoms with Crippen molar-refractivity contribution in [3.05, 3.63) is 29.3 Å². The number of hydrogen-bond acceptors (Lipinski definition) is 4. The van der Waals surface area contributed by atoms with Crippen molar-refractivity contribution in [1.29, 1.82) is 0 Å². The minimum atomic E-state index is -3.91. The number of benzene rings is 1. The van der Waals surface area contributed by atoms with Gasteiger partial charge in [-0.3, -0.25) is 4.79 Å². The zero-order chi connectivity index (χ0) is 14.6. The summed E-state index contributed by atoms with van der Waals surface area (Å²) in [5.74, 6) is -1.32. The topological polar surface area (TPSA) is 104 Å². The summed E-state index contributed by atoms with van der Waals surface area (Å²) in [6.07, 6.45) is -0.181. The van der Waals surface area contributed by atoms with E-state index in [-0.39, 0.29) is 11.3 Å². The van der Waals surface area contributed by atoms with Crippen LogP contribution in [-0.2, 0) is 14.8 Å². The Morgan fingerprint density at radius 3 is 2.21 bits per heavy atom. The van der Waals surface area contributed by atoms with Crippen molar-refractivity contribution in [3.63, 3.8) is 0 Å². The third-order valence-corrected chi connectivity index (χ3v) is 3.97. The number of aryl methyl sites for hydroxylation is 2. The van der Waals surface area contributed by atoms with Crippen LogP contribution in [0.25, 0.3) is 0 Å². The molecule has 1 atom stereocenters. The lowest BCUT2D eigenvalue weighted by atomic mass is 10.2. The van der Waals surface area contributed by atoms with Gasteiger partial charge in [0.05, 0.1) is 4.90 Å². The molecule has 1 aromatic carbocycles. The Bertz CT molecular complexity index is 547. The van der Waals surface area contributed by atoms with Crippen molar-refractivity contribution in [2.75, 3.05) is 6.61 Å². The van der Waals surface area contributed by atoms with Crippen LogP contribution in [-0.4, -0.2) is 37.2 Å². The van der Waals surface area contributed by atoms with Gasteiger partial charge >= 0.3 is 5.97 Å². The lowest BCUT2D eigenvalue weighted by molar-refractivity contribution is -0.139. The Kier molecular flexibility index (Phi) is 5.04. The Hall–Kier alpha value is -1.44. The predicted octanol–water partition coefficient (Wildman–Crippen LogP) is 0.417. The Balaban J connectivity index is 3.06. The fourth-order valence-corrected chi connectivity index (χ4v) is 3.12. The summed E-state index contributed by atoms with van der Waals surface area (Å²) in [6.45, 7) is 3.11. The molecule has 106 valence electrons. The van der Waals surface area contributed by atoms with Crippen molar-refractivity contribution in [2.45, 2.75) is 31.2 Å². The van der Waals surface area contributed by atoms with Crippen molar-refractivity contribution >= 4 is 16.0 Å². The molecule has 0 saturated carbocycles. The molecule has 0 aromatic heterocycles. The number of nitrogens with one attached hydrogen (secondary N) is 1. The number of aliphatic hydroxyl groups is 1.